The SMILES string of the molecule is CSc1ccc(S(N)(=O)=O)c(O)c1. The number of benzene rings is 1. The number of sulfonamides is 1. The second-order valence-electron chi connectivity index (χ2n) is 2.38. The maximum absolute atomic E-state index is 10.9. The van der Waals surface area contributed by atoms with Crippen molar-refractivity contribution in [1.82, 2.24) is 0 Å². The molecule has 1 aromatic rings. The number of nitrogens with two attached hydrogens (primary N) is 1. The van der Waals surface area contributed by atoms with Crippen molar-refractivity contribution in [3.8, 4) is 5.75 Å². The van der Waals surface area contributed by atoms with Gasteiger partial charge in [-0.1, -0.05) is 0 Å². The van der Waals surface area contributed by atoms with Gasteiger partial charge in [-0.05, 0) is 24.5 Å². The summed E-state index contributed by atoms with van der Waals surface area (Å²) in [6.45, 7) is 0. The number of rotatable bonds is 2. The first kappa shape index (κ1) is 10.4. The van der Waals surface area contributed by atoms with E-state index in [0.29, 0.717) is 0 Å². The van der Waals surface area contributed by atoms with Gasteiger partial charge in [0.2, 0.25) is 10.0 Å². The van der Waals surface area contributed by atoms with Crippen molar-refractivity contribution in [2.45, 2.75) is 9.79 Å². The van der Waals surface area contributed by atoms with E-state index in [0.717, 1.165) is 4.90 Å². The van der Waals surface area contributed by atoms with Crippen molar-refractivity contribution in [3.63, 3.8) is 0 Å². The van der Waals surface area contributed by atoms with Crippen molar-refractivity contribution in [3.05, 3.63) is 18.2 Å². The molecule has 0 unspecified atom stereocenters. The molecule has 0 amide bonds. The zero-order valence-corrected chi connectivity index (χ0v) is 8.52. The third kappa shape index (κ3) is 2.36. The summed E-state index contributed by atoms with van der Waals surface area (Å²) in [7, 11) is -3.82. The van der Waals surface area contributed by atoms with Crippen LogP contribution in [0.5, 0.6) is 5.75 Å². The van der Waals surface area contributed by atoms with Crippen molar-refractivity contribution in [2.24, 2.45) is 5.14 Å². The second-order valence-corrected chi connectivity index (χ2v) is 4.79. The molecule has 0 saturated carbocycles. The van der Waals surface area contributed by atoms with Crippen LogP contribution in [0.1, 0.15) is 0 Å². The van der Waals surface area contributed by atoms with Crippen LogP contribution in [0.3, 0.4) is 0 Å². The normalized spacial score (nSPS) is 11.5. The highest BCUT2D eigenvalue weighted by molar-refractivity contribution is 7.98. The molecule has 13 heavy (non-hydrogen) atoms. The van der Waals surface area contributed by atoms with Crippen molar-refractivity contribution >= 4 is 21.8 Å². The lowest BCUT2D eigenvalue weighted by atomic mass is 10.3. The Hall–Kier alpha value is -0.720. The van der Waals surface area contributed by atoms with E-state index >= 15 is 0 Å². The molecule has 3 N–H and O–H groups in total. The molecule has 0 spiro atoms. The molecule has 0 aliphatic heterocycles. The predicted octanol–water partition coefficient (Wildman–Crippen LogP) is 0.762. The Bertz CT molecular complexity index is 414. The van der Waals surface area contributed by atoms with E-state index in [-0.39, 0.29) is 10.6 Å². The fourth-order valence-corrected chi connectivity index (χ4v) is 1.91. The minimum atomic E-state index is -3.82. The predicted molar refractivity (Wildman–Crippen MR) is 51.3 cm³/mol. The minimum absolute atomic E-state index is 0.245. The molecule has 0 saturated heterocycles. The van der Waals surface area contributed by atoms with Crippen LogP contribution >= 0.6 is 11.8 Å². The highest BCUT2D eigenvalue weighted by Crippen LogP contribution is 2.26. The molecule has 0 fully saturated rings. The van der Waals surface area contributed by atoms with Gasteiger partial charge in [-0.2, -0.15) is 0 Å². The summed E-state index contributed by atoms with van der Waals surface area (Å²) in [5.74, 6) is -0.311. The summed E-state index contributed by atoms with van der Waals surface area (Å²) in [4.78, 5) is 0.537. The van der Waals surface area contributed by atoms with Crippen LogP contribution in [0.15, 0.2) is 28.0 Å². The van der Waals surface area contributed by atoms with Crippen molar-refractivity contribution in [1.29, 1.82) is 0 Å². The Kier molecular flexibility index (Phi) is 2.84. The highest BCUT2D eigenvalue weighted by Gasteiger charge is 2.13. The quantitative estimate of drug-likeness (QED) is 0.720. The number of primary sulfonamides is 1. The lowest BCUT2D eigenvalue weighted by Gasteiger charge is -2.02. The van der Waals surface area contributed by atoms with Gasteiger partial charge in [0.05, 0.1) is 0 Å². The molecular weight excluding hydrogens is 210 g/mol. The summed E-state index contributed by atoms with van der Waals surface area (Å²) in [5.41, 5.74) is 0. The summed E-state index contributed by atoms with van der Waals surface area (Å²) in [5, 5.41) is 14.1. The van der Waals surface area contributed by atoms with Crippen molar-refractivity contribution in [2.75, 3.05) is 6.26 Å². The van der Waals surface area contributed by atoms with Gasteiger partial charge in [0.1, 0.15) is 10.6 Å². The molecule has 0 aromatic heterocycles. The number of phenolic OH excluding ortho intramolecular Hbond substituents is 1. The third-order valence-corrected chi connectivity index (χ3v) is 3.16. The van der Waals surface area contributed by atoms with E-state index in [1.54, 1.807) is 6.07 Å². The zero-order chi connectivity index (χ0) is 10.1. The van der Waals surface area contributed by atoms with Gasteiger partial charge in [-0.3, -0.25) is 0 Å². The topological polar surface area (TPSA) is 80.4 Å². The lowest BCUT2D eigenvalue weighted by molar-refractivity contribution is 0.457. The molecular formula is C7H9NO3S2. The van der Waals surface area contributed by atoms with Gasteiger partial charge >= 0.3 is 0 Å². The Labute approximate surface area is 80.8 Å². The Morgan fingerprint density at radius 3 is 2.46 bits per heavy atom. The maximum atomic E-state index is 10.9. The standard InChI is InChI=1S/C7H9NO3S2/c1-12-5-2-3-7(6(9)4-5)13(8,10)11/h2-4,9H,1H3,(H2,8,10,11). The van der Waals surface area contributed by atoms with Crippen LogP contribution in [-0.2, 0) is 10.0 Å². The largest absolute Gasteiger partial charge is 0.506 e. The van der Waals surface area contributed by atoms with Crippen LogP contribution in [0.4, 0.5) is 0 Å². The maximum Gasteiger partial charge on any atom is 0.241 e. The third-order valence-electron chi connectivity index (χ3n) is 1.47. The van der Waals surface area contributed by atoms with E-state index in [4.69, 9.17) is 5.14 Å². The van der Waals surface area contributed by atoms with Crippen LogP contribution < -0.4 is 5.14 Å². The molecule has 0 heterocycles. The molecule has 0 aliphatic carbocycles. The van der Waals surface area contributed by atoms with Crippen LogP contribution in [0.25, 0.3) is 0 Å². The van der Waals surface area contributed by atoms with Crippen LogP contribution in [0, 0.1) is 0 Å². The molecule has 72 valence electrons. The average Bonchev–Trinajstić information content (AvgIpc) is 2.01. The molecule has 0 aliphatic rings. The van der Waals surface area contributed by atoms with Crippen LogP contribution in [-0.4, -0.2) is 19.8 Å². The summed E-state index contributed by atoms with van der Waals surface area (Å²) < 4.78 is 21.7. The van der Waals surface area contributed by atoms with E-state index < -0.39 is 10.0 Å². The molecule has 1 aromatic carbocycles. The molecule has 0 bridgehead atoms. The Morgan fingerprint density at radius 1 is 1.46 bits per heavy atom. The van der Waals surface area contributed by atoms with Crippen LogP contribution in [0.2, 0.25) is 0 Å². The first-order valence-corrected chi connectivity index (χ1v) is 6.12. The summed E-state index contributed by atoms with van der Waals surface area (Å²) in [6, 6.07) is 4.24. The average molecular weight is 219 g/mol. The number of thioether (sulfide) groups is 1. The van der Waals surface area contributed by atoms with Gasteiger partial charge in [0.15, 0.2) is 0 Å². The van der Waals surface area contributed by atoms with Gasteiger partial charge in [-0.15, -0.1) is 11.8 Å². The fraction of sp³-hybridized carbons (Fsp3) is 0.143. The van der Waals surface area contributed by atoms with E-state index in [9.17, 15) is 13.5 Å². The molecule has 4 nitrogen and oxygen atoms in total. The van der Waals surface area contributed by atoms with E-state index in [1.807, 2.05) is 6.26 Å². The zero-order valence-electron chi connectivity index (χ0n) is 6.89. The number of hydrogen-bond donors (Lipinski definition) is 2. The number of phenols is 1. The first-order valence-electron chi connectivity index (χ1n) is 3.35. The first-order chi connectivity index (χ1) is 5.95. The second kappa shape index (κ2) is 3.57. The minimum Gasteiger partial charge on any atom is -0.506 e. The van der Waals surface area contributed by atoms with Gasteiger partial charge in [0.25, 0.3) is 0 Å². The fourth-order valence-electron chi connectivity index (χ4n) is 0.865. The van der Waals surface area contributed by atoms with Crippen molar-refractivity contribution < 1.29 is 13.5 Å². The smallest absolute Gasteiger partial charge is 0.241 e. The number of hydrogen-bond acceptors (Lipinski definition) is 4. The van der Waals surface area contributed by atoms with Gasteiger partial charge in [-0.25, -0.2) is 13.6 Å². The molecule has 6 heteroatoms. The van der Waals surface area contributed by atoms with Gasteiger partial charge in [0, 0.05) is 4.90 Å². The van der Waals surface area contributed by atoms with E-state index in [2.05, 4.69) is 0 Å². The molecule has 0 atom stereocenters. The van der Waals surface area contributed by atoms with E-state index in [1.165, 1.54) is 23.9 Å². The molecule has 1 rings (SSSR count). The Balaban J connectivity index is 3.29. The number of aromatic hydroxyl groups is 1. The highest BCUT2D eigenvalue weighted by atomic mass is 32.2. The van der Waals surface area contributed by atoms with Gasteiger partial charge < -0.3 is 5.11 Å². The summed E-state index contributed by atoms with van der Waals surface area (Å²) in [6.07, 6.45) is 1.82. The monoisotopic (exact) mass is 219 g/mol. The molecule has 0 radical (unpaired) electrons. The summed E-state index contributed by atoms with van der Waals surface area (Å²) >= 11 is 1.41. The lowest BCUT2D eigenvalue weighted by Crippen LogP contribution is -2.12. The Morgan fingerprint density at radius 2 is 2.08 bits per heavy atom.